The number of halogens is 1. The molecule has 0 unspecified atom stereocenters. The van der Waals surface area contributed by atoms with Gasteiger partial charge in [-0.25, -0.2) is 4.39 Å². The first kappa shape index (κ1) is 21.0. The number of benzene rings is 3. The van der Waals surface area contributed by atoms with E-state index in [4.69, 9.17) is 0 Å². The van der Waals surface area contributed by atoms with Crippen molar-refractivity contribution in [3.63, 3.8) is 0 Å². The molecule has 0 aliphatic carbocycles. The summed E-state index contributed by atoms with van der Waals surface area (Å²) < 4.78 is 13.6. The SMILES string of the molecule is Cc1ccc(NCC(=O)Nc2ccc(C(=O)NCc3ccccc3F)cc2)c(C)c1. The first-order valence-electron chi connectivity index (χ1n) is 9.65. The summed E-state index contributed by atoms with van der Waals surface area (Å²) in [5.41, 5.74) is 4.60. The predicted octanol–water partition coefficient (Wildman–Crippen LogP) is 4.42. The summed E-state index contributed by atoms with van der Waals surface area (Å²) in [6.45, 7) is 4.25. The molecule has 5 nitrogen and oxygen atoms in total. The Labute approximate surface area is 175 Å². The average Bonchev–Trinajstić information content (AvgIpc) is 2.73. The van der Waals surface area contributed by atoms with Crippen molar-refractivity contribution in [2.45, 2.75) is 20.4 Å². The van der Waals surface area contributed by atoms with Crippen molar-refractivity contribution in [1.82, 2.24) is 5.32 Å². The summed E-state index contributed by atoms with van der Waals surface area (Å²) in [5, 5.41) is 8.60. The second-order valence-corrected chi connectivity index (χ2v) is 7.07. The van der Waals surface area contributed by atoms with E-state index in [9.17, 15) is 14.0 Å². The van der Waals surface area contributed by atoms with Gasteiger partial charge in [-0.05, 0) is 55.8 Å². The Kier molecular flexibility index (Phi) is 6.80. The van der Waals surface area contributed by atoms with E-state index < -0.39 is 0 Å². The summed E-state index contributed by atoms with van der Waals surface area (Å²) in [6, 6.07) is 18.8. The molecule has 3 rings (SSSR count). The van der Waals surface area contributed by atoms with E-state index >= 15 is 0 Å². The number of rotatable bonds is 7. The van der Waals surface area contributed by atoms with E-state index in [0.717, 1.165) is 11.3 Å². The Morgan fingerprint density at radius 2 is 1.67 bits per heavy atom. The molecule has 0 spiro atoms. The maximum atomic E-state index is 13.6. The second kappa shape index (κ2) is 9.69. The molecule has 0 aliphatic heterocycles. The van der Waals surface area contributed by atoms with Crippen molar-refractivity contribution in [3.8, 4) is 0 Å². The van der Waals surface area contributed by atoms with Gasteiger partial charge in [0, 0.05) is 29.0 Å². The van der Waals surface area contributed by atoms with E-state index in [1.54, 1.807) is 42.5 Å². The van der Waals surface area contributed by atoms with Crippen LogP contribution in [-0.4, -0.2) is 18.4 Å². The van der Waals surface area contributed by atoms with Gasteiger partial charge in [0.2, 0.25) is 5.91 Å². The number of carbonyl (C=O) groups is 2. The van der Waals surface area contributed by atoms with Crippen molar-refractivity contribution >= 4 is 23.2 Å². The van der Waals surface area contributed by atoms with Crippen LogP contribution in [0.2, 0.25) is 0 Å². The van der Waals surface area contributed by atoms with Crippen molar-refractivity contribution < 1.29 is 14.0 Å². The molecule has 3 N–H and O–H groups in total. The molecule has 0 saturated heterocycles. The van der Waals surface area contributed by atoms with Gasteiger partial charge < -0.3 is 16.0 Å². The zero-order valence-corrected chi connectivity index (χ0v) is 17.0. The highest BCUT2D eigenvalue weighted by Crippen LogP contribution is 2.16. The van der Waals surface area contributed by atoms with Gasteiger partial charge in [0.1, 0.15) is 5.82 Å². The van der Waals surface area contributed by atoms with Gasteiger partial charge in [-0.3, -0.25) is 9.59 Å². The lowest BCUT2D eigenvalue weighted by atomic mass is 10.1. The third kappa shape index (κ3) is 5.67. The van der Waals surface area contributed by atoms with Crippen LogP contribution in [0.4, 0.5) is 15.8 Å². The monoisotopic (exact) mass is 405 g/mol. The molecule has 30 heavy (non-hydrogen) atoms. The van der Waals surface area contributed by atoms with E-state index in [1.165, 1.54) is 11.6 Å². The lowest BCUT2D eigenvalue weighted by molar-refractivity contribution is -0.114. The van der Waals surface area contributed by atoms with Gasteiger partial charge in [-0.2, -0.15) is 0 Å². The number of hydrogen-bond acceptors (Lipinski definition) is 3. The van der Waals surface area contributed by atoms with Gasteiger partial charge >= 0.3 is 0 Å². The Hall–Kier alpha value is -3.67. The number of amides is 2. The molecule has 0 aliphatic rings. The third-order valence-corrected chi connectivity index (χ3v) is 4.65. The average molecular weight is 405 g/mol. The van der Waals surface area contributed by atoms with Gasteiger partial charge in [0.25, 0.3) is 5.91 Å². The number of nitrogens with one attached hydrogen (secondary N) is 3. The highest BCUT2D eigenvalue weighted by atomic mass is 19.1. The first-order chi connectivity index (χ1) is 14.4. The number of aryl methyl sites for hydroxylation is 2. The highest BCUT2D eigenvalue weighted by Gasteiger charge is 2.09. The molecule has 154 valence electrons. The molecule has 0 aromatic heterocycles. The zero-order valence-electron chi connectivity index (χ0n) is 17.0. The van der Waals surface area contributed by atoms with Crippen LogP contribution >= 0.6 is 0 Å². The van der Waals surface area contributed by atoms with E-state index in [-0.39, 0.29) is 30.7 Å². The summed E-state index contributed by atoms with van der Waals surface area (Å²) in [5.74, 6) is -0.857. The standard InChI is InChI=1S/C24H24FN3O2/c1-16-7-12-22(17(2)13-16)26-15-23(29)28-20-10-8-18(9-11-20)24(30)27-14-19-5-3-4-6-21(19)25/h3-13,26H,14-15H2,1-2H3,(H,27,30)(H,28,29). The third-order valence-electron chi connectivity index (χ3n) is 4.65. The molecule has 0 radical (unpaired) electrons. The first-order valence-corrected chi connectivity index (χ1v) is 9.65. The van der Waals surface area contributed by atoms with Crippen LogP contribution in [-0.2, 0) is 11.3 Å². The molecular weight excluding hydrogens is 381 g/mol. The second-order valence-electron chi connectivity index (χ2n) is 7.07. The lowest BCUT2D eigenvalue weighted by Gasteiger charge is -2.11. The zero-order chi connectivity index (χ0) is 21.5. The summed E-state index contributed by atoms with van der Waals surface area (Å²) in [6.07, 6.45) is 0. The molecule has 3 aromatic carbocycles. The Balaban J connectivity index is 1.50. The topological polar surface area (TPSA) is 70.2 Å². The molecule has 3 aromatic rings. The van der Waals surface area contributed by atoms with Crippen LogP contribution in [0.5, 0.6) is 0 Å². The smallest absolute Gasteiger partial charge is 0.251 e. The summed E-state index contributed by atoms with van der Waals surface area (Å²) >= 11 is 0. The Morgan fingerprint density at radius 3 is 2.37 bits per heavy atom. The molecule has 0 fully saturated rings. The quantitative estimate of drug-likeness (QED) is 0.545. The number of carbonyl (C=O) groups excluding carboxylic acids is 2. The van der Waals surface area contributed by atoms with Gasteiger partial charge in [-0.1, -0.05) is 35.9 Å². The largest absolute Gasteiger partial charge is 0.376 e. The Bertz CT molecular complexity index is 1050. The number of hydrogen-bond donors (Lipinski definition) is 3. The molecule has 0 heterocycles. The maximum absolute atomic E-state index is 13.6. The van der Waals surface area contributed by atoms with Crippen molar-refractivity contribution in [2.75, 3.05) is 17.2 Å². The van der Waals surface area contributed by atoms with Crippen LogP contribution in [0.3, 0.4) is 0 Å². The van der Waals surface area contributed by atoms with Crippen LogP contribution in [0.15, 0.2) is 66.7 Å². The fourth-order valence-electron chi connectivity index (χ4n) is 3.02. The minimum absolute atomic E-state index is 0.105. The maximum Gasteiger partial charge on any atom is 0.251 e. The van der Waals surface area contributed by atoms with Crippen LogP contribution in [0.25, 0.3) is 0 Å². The fraction of sp³-hybridized carbons (Fsp3) is 0.167. The van der Waals surface area contributed by atoms with Crippen molar-refractivity contribution in [2.24, 2.45) is 0 Å². The lowest BCUT2D eigenvalue weighted by Crippen LogP contribution is -2.24. The molecule has 2 amide bonds. The van der Waals surface area contributed by atoms with Gasteiger partial charge in [0.05, 0.1) is 6.54 Å². The van der Waals surface area contributed by atoms with Crippen LogP contribution in [0.1, 0.15) is 27.0 Å². The van der Waals surface area contributed by atoms with Gasteiger partial charge in [0.15, 0.2) is 0 Å². The molecular formula is C24H24FN3O2. The molecule has 0 bridgehead atoms. The van der Waals surface area contributed by atoms with Crippen LogP contribution < -0.4 is 16.0 Å². The van der Waals surface area contributed by atoms with Crippen molar-refractivity contribution in [3.05, 3.63) is 94.8 Å². The normalized spacial score (nSPS) is 10.4. The van der Waals surface area contributed by atoms with E-state index in [0.29, 0.717) is 16.8 Å². The minimum atomic E-state index is -0.356. The highest BCUT2D eigenvalue weighted by molar-refractivity contribution is 5.96. The Morgan fingerprint density at radius 1 is 0.933 bits per heavy atom. The van der Waals surface area contributed by atoms with E-state index in [1.807, 2.05) is 26.0 Å². The van der Waals surface area contributed by atoms with E-state index in [2.05, 4.69) is 22.0 Å². The summed E-state index contributed by atoms with van der Waals surface area (Å²) in [4.78, 5) is 24.4. The number of anilines is 2. The molecule has 0 saturated carbocycles. The molecule has 0 atom stereocenters. The van der Waals surface area contributed by atoms with Crippen LogP contribution in [0, 0.1) is 19.7 Å². The minimum Gasteiger partial charge on any atom is -0.376 e. The fourth-order valence-corrected chi connectivity index (χ4v) is 3.02. The van der Waals surface area contributed by atoms with Gasteiger partial charge in [-0.15, -0.1) is 0 Å². The molecule has 6 heteroatoms. The van der Waals surface area contributed by atoms with Crippen molar-refractivity contribution in [1.29, 1.82) is 0 Å². The predicted molar refractivity (Wildman–Crippen MR) is 117 cm³/mol. The summed E-state index contributed by atoms with van der Waals surface area (Å²) in [7, 11) is 0.